The van der Waals surface area contributed by atoms with Gasteiger partial charge in [0.1, 0.15) is 0 Å². The highest BCUT2D eigenvalue weighted by Crippen LogP contribution is 2.18. The van der Waals surface area contributed by atoms with Gasteiger partial charge in [-0.2, -0.15) is 13.2 Å². The second kappa shape index (κ2) is 6.80. The summed E-state index contributed by atoms with van der Waals surface area (Å²) in [7, 11) is 0. The van der Waals surface area contributed by atoms with E-state index in [1.807, 2.05) is 0 Å². The summed E-state index contributed by atoms with van der Waals surface area (Å²) in [5, 5.41) is 3.11. The monoisotopic (exact) mass is 254 g/mol. The molecule has 1 aliphatic heterocycles. The van der Waals surface area contributed by atoms with Crippen LogP contribution < -0.4 is 5.32 Å². The molecule has 0 aromatic heterocycles. The topological polar surface area (TPSA) is 41.6 Å². The number of carbonyl (C=O) groups excluding carboxylic acids is 1. The summed E-state index contributed by atoms with van der Waals surface area (Å²) >= 11 is 0. The maximum Gasteiger partial charge on any atom is 0.391 e. The van der Waals surface area contributed by atoms with Gasteiger partial charge in [-0.1, -0.05) is 0 Å². The molecule has 0 aromatic rings. The fraction of sp³-hybridized carbons (Fsp3) is 0.900. The van der Waals surface area contributed by atoms with E-state index in [-0.39, 0.29) is 25.5 Å². The van der Waals surface area contributed by atoms with E-state index in [0.717, 1.165) is 13.1 Å². The molecule has 100 valence electrons. The Morgan fingerprint density at radius 1 is 1.24 bits per heavy atom. The third-order valence-electron chi connectivity index (χ3n) is 2.46. The van der Waals surface area contributed by atoms with E-state index in [0.29, 0.717) is 13.1 Å². The van der Waals surface area contributed by atoms with Crippen molar-refractivity contribution in [2.45, 2.75) is 19.0 Å². The molecule has 0 saturated carbocycles. The van der Waals surface area contributed by atoms with Crippen molar-refractivity contribution in [2.24, 2.45) is 0 Å². The van der Waals surface area contributed by atoms with E-state index in [9.17, 15) is 18.0 Å². The molecule has 7 heteroatoms. The van der Waals surface area contributed by atoms with Crippen LogP contribution in [0, 0.1) is 0 Å². The molecule has 1 saturated heterocycles. The molecular formula is C10H17F3N2O2. The van der Waals surface area contributed by atoms with Crippen LogP contribution in [0.4, 0.5) is 13.2 Å². The normalized spacial score (nSPS) is 17.2. The average Bonchev–Trinajstić information content (AvgIpc) is 2.28. The predicted molar refractivity (Wildman–Crippen MR) is 55.6 cm³/mol. The van der Waals surface area contributed by atoms with Crippen molar-refractivity contribution in [3.63, 3.8) is 0 Å². The fourth-order valence-electron chi connectivity index (χ4n) is 1.52. The minimum absolute atomic E-state index is 0.0544. The first kappa shape index (κ1) is 14.2. The Morgan fingerprint density at radius 2 is 1.88 bits per heavy atom. The van der Waals surface area contributed by atoms with Gasteiger partial charge in [-0.15, -0.1) is 0 Å². The number of ether oxygens (including phenoxy) is 1. The highest BCUT2D eigenvalue weighted by molar-refractivity contribution is 5.76. The Bertz CT molecular complexity index is 240. The van der Waals surface area contributed by atoms with Crippen LogP contribution in [0.15, 0.2) is 0 Å². The number of hydrogen-bond acceptors (Lipinski definition) is 3. The molecule has 0 radical (unpaired) electrons. The zero-order valence-corrected chi connectivity index (χ0v) is 9.55. The van der Waals surface area contributed by atoms with Crippen LogP contribution in [0.25, 0.3) is 0 Å². The van der Waals surface area contributed by atoms with Gasteiger partial charge in [0.2, 0.25) is 5.91 Å². The lowest BCUT2D eigenvalue weighted by Gasteiger charge is -2.27. The molecule has 0 atom stereocenters. The summed E-state index contributed by atoms with van der Waals surface area (Å²) in [6, 6.07) is 0. The van der Waals surface area contributed by atoms with Gasteiger partial charge in [-0.25, -0.2) is 0 Å². The first-order valence-electron chi connectivity index (χ1n) is 5.62. The lowest BCUT2D eigenvalue weighted by atomic mass is 10.3. The molecule has 0 unspecified atom stereocenters. The lowest BCUT2D eigenvalue weighted by Crippen LogP contribution is -2.46. The average molecular weight is 254 g/mol. The summed E-state index contributed by atoms with van der Waals surface area (Å²) in [6.07, 6.45) is -5.00. The van der Waals surface area contributed by atoms with Gasteiger partial charge >= 0.3 is 6.18 Å². The number of carbonyl (C=O) groups is 1. The van der Waals surface area contributed by atoms with Crippen LogP contribution in [0.1, 0.15) is 12.8 Å². The van der Waals surface area contributed by atoms with Gasteiger partial charge in [-0.05, 0) is 0 Å². The molecule has 4 nitrogen and oxygen atoms in total. The van der Waals surface area contributed by atoms with E-state index >= 15 is 0 Å². The van der Waals surface area contributed by atoms with Crippen LogP contribution in [0.5, 0.6) is 0 Å². The van der Waals surface area contributed by atoms with Gasteiger partial charge < -0.3 is 15.0 Å². The van der Waals surface area contributed by atoms with Gasteiger partial charge in [0, 0.05) is 26.2 Å². The highest BCUT2D eigenvalue weighted by atomic mass is 19.4. The van der Waals surface area contributed by atoms with Crippen LogP contribution in [-0.2, 0) is 9.53 Å². The minimum atomic E-state index is -4.19. The van der Waals surface area contributed by atoms with Crippen LogP contribution in [0.3, 0.4) is 0 Å². The third kappa shape index (κ3) is 6.48. The molecule has 1 aliphatic rings. The second-order valence-corrected chi connectivity index (χ2v) is 3.86. The van der Waals surface area contributed by atoms with Crippen LogP contribution in [0.2, 0.25) is 0 Å². The van der Waals surface area contributed by atoms with E-state index < -0.39 is 12.6 Å². The number of rotatable bonds is 5. The van der Waals surface area contributed by atoms with Gasteiger partial charge in [0.25, 0.3) is 0 Å². The summed E-state index contributed by atoms with van der Waals surface area (Å²) in [5.41, 5.74) is 0. The zero-order chi connectivity index (χ0) is 12.7. The third-order valence-corrected chi connectivity index (χ3v) is 2.46. The number of nitrogens with zero attached hydrogens (tertiary/aromatic N) is 1. The molecule has 1 N–H and O–H groups in total. The molecule has 1 heterocycles. The van der Waals surface area contributed by atoms with Crippen molar-refractivity contribution in [1.29, 1.82) is 0 Å². The standard InChI is InChI=1S/C10H17F3N2O2/c11-10(12,13)2-8-17-7-1-9(16)15-5-3-14-4-6-15/h14H,1-8H2. The number of nitrogens with one attached hydrogen (secondary N) is 1. The Kier molecular flexibility index (Phi) is 5.70. The number of halogens is 3. The van der Waals surface area contributed by atoms with Gasteiger partial charge in [0.15, 0.2) is 0 Å². The molecule has 1 rings (SSSR count). The summed E-state index contributed by atoms with van der Waals surface area (Å²) in [5.74, 6) is -0.0569. The van der Waals surface area contributed by atoms with Crippen molar-refractivity contribution in [1.82, 2.24) is 10.2 Å². The van der Waals surface area contributed by atoms with E-state index in [2.05, 4.69) is 5.32 Å². The summed E-state index contributed by atoms with van der Waals surface area (Å²) < 4.78 is 40.1. The molecule has 0 aromatic carbocycles. The number of amides is 1. The molecule has 0 aliphatic carbocycles. The molecule has 0 bridgehead atoms. The van der Waals surface area contributed by atoms with Crippen molar-refractivity contribution in [2.75, 3.05) is 39.4 Å². The van der Waals surface area contributed by atoms with E-state index in [1.165, 1.54) is 0 Å². The van der Waals surface area contributed by atoms with Crippen molar-refractivity contribution >= 4 is 5.91 Å². The first-order chi connectivity index (χ1) is 7.99. The SMILES string of the molecule is O=C(CCOCCC(F)(F)F)N1CCNCC1. The summed E-state index contributed by atoms with van der Waals surface area (Å²) in [6.45, 7) is 2.52. The predicted octanol–water partition coefficient (Wildman–Crippen LogP) is 0.777. The Hall–Kier alpha value is -0.820. The highest BCUT2D eigenvalue weighted by Gasteiger charge is 2.26. The minimum Gasteiger partial charge on any atom is -0.381 e. The quantitative estimate of drug-likeness (QED) is 0.737. The second-order valence-electron chi connectivity index (χ2n) is 3.86. The van der Waals surface area contributed by atoms with Gasteiger partial charge in [-0.3, -0.25) is 4.79 Å². The molecule has 1 amide bonds. The van der Waals surface area contributed by atoms with Crippen molar-refractivity contribution < 1.29 is 22.7 Å². The molecular weight excluding hydrogens is 237 g/mol. The van der Waals surface area contributed by atoms with Crippen LogP contribution in [-0.4, -0.2) is 56.4 Å². The van der Waals surface area contributed by atoms with E-state index in [1.54, 1.807) is 4.90 Å². The zero-order valence-electron chi connectivity index (χ0n) is 9.55. The van der Waals surface area contributed by atoms with Gasteiger partial charge in [0.05, 0.1) is 26.1 Å². The number of piperazine rings is 1. The first-order valence-corrected chi connectivity index (χ1v) is 5.62. The molecule has 1 fully saturated rings. The van der Waals surface area contributed by atoms with E-state index in [4.69, 9.17) is 4.74 Å². The van der Waals surface area contributed by atoms with Crippen molar-refractivity contribution in [3.05, 3.63) is 0 Å². The van der Waals surface area contributed by atoms with Crippen molar-refractivity contribution in [3.8, 4) is 0 Å². The molecule has 0 spiro atoms. The lowest BCUT2D eigenvalue weighted by molar-refractivity contribution is -0.146. The largest absolute Gasteiger partial charge is 0.391 e. The Labute approximate surface area is 98.1 Å². The van der Waals surface area contributed by atoms with Crippen LogP contribution >= 0.6 is 0 Å². The maximum absolute atomic E-state index is 11.8. The number of alkyl halides is 3. The number of hydrogen-bond donors (Lipinski definition) is 1. The summed E-state index contributed by atoms with van der Waals surface area (Å²) in [4.78, 5) is 13.3. The Morgan fingerprint density at radius 3 is 2.47 bits per heavy atom. The Balaban J connectivity index is 2.04. The maximum atomic E-state index is 11.8. The smallest absolute Gasteiger partial charge is 0.381 e. The molecule has 17 heavy (non-hydrogen) atoms. The fourth-order valence-corrected chi connectivity index (χ4v) is 1.52.